The predicted molar refractivity (Wildman–Crippen MR) is 98.9 cm³/mol. The van der Waals surface area contributed by atoms with Crippen LogP contribution >= 0.6 is 11.8 Å². The van der Waals surface area contributed by atoms with Crippen LogP contribution in [0.25, 0.3) is 6.08 Å². The van der Waals surface area contributed by atoms with Gasteiger partial charge in [0.2, 0.25) is 5.91 Å². The zero-order valence-corrected chi connectivity index (χ0v) is 15.2. The van der Waals surface area contributed by atoms with Crippen LogP contribution in [0.1, 0.15) is 36.8 Å². The van der Waals surface area contributed by atoms with Crippen molar-refractivity contribution in [2.45, 2.75) is 32.6 Å². The Morgan fingerprint density at radius 3 is 2.48 bits per heavy atom. The van der Waals surface area contributed by atoms with E-state index in [1.807, 2.05) is 31.2 Å². The summed E-state index contributed by atoms with van der Waals surface area (Å²) >= 11 is 0.906. The molecule has 2 aliphatic heterocycles. The van der Waals surface area contributed by atoms with Gasteiger partial charge in [-0.05, 0) is 48.7 Å². The van der Waals surface area contributed by atoms with E-state index in [9.17, 15) is 14.4 Å². The van der Waals surface area contributed by atoms with Crippen LogP contribution in [0, 0.1) is 6.92 Å². The summed E-state index contributed by atoms with van der Waals surface area (Å²) in [6.07, 6.45) is 5.97. The molecule has 25 heavy (non-hydrogen) atoms. The third kappa shape index (κ3) is 4.12. The molecule has 2 aliphatic rings. The van der Waals surface area contributed by atoms with Gasteiger partial charge in [0.1, 0.15) is 6.54 Å². The van der Waals surface area contributed by atoms with Crippen molar-refractivity contribution in [2.24, 2.45) is 0 Å². The molecule has 2 fully saturated rings. The van der Waals surface area contributed by atoms with E-state index in [1.165, 1.54) is 0 Å². The zero-order valence-electron chi connectivity index (χ0n) is 14.4. The highest BCUT2D eigenvalue weighted by Gasteiger charge is 2.37. The molecule has 2 saturated heterocycles. The lowest BCUT2D eigenvalue weighted by atomic mass is 10.1. The summed E-state index contributed by atoms with van der Waals surface area (Å²) in [6, 6.07) is 7.69. The van der Waals surface area contributed by atoms with Gasteiger partial charge in [-0.15, -0.1) is 0 Å². The first-order valence-electron chi connectivity index (χ1n) is 8.65. The standard InChI is InChI=1S/C19H22N2O3S/c1-14-8-4-5-9-15(14)12-16-18(23)21(19(24)25-16)13-17(22)20-10-6-2-3-7-11-20/h4-5,8-9,12H,2-3,6-7,10-11,13H2,1H3/b16-12-. The van der Waals surface area contributed by atoms with Gasteiger partial charge in [0.05, 0.1) is 4.91 Å². The van der Waals surface area contributed by atoms with Crippen molar-refractivity contribution in [3.8, 4) is 0 Å². The maximum Gasteiger partial charge on any atom is 0.294 e. The Hall–Kier alpha value is -2.08. The van der Waals surface area contributed by atoms with Crippen LogP contribution in [0.15, 0.2) is 29.2 Å². The van der Waals surface area contributed by atoms with Gasteiger partial charge in [0.25, 0.3) is 11.1 Å². The van der Waals surface area contributed by atoms with E-state index in [0.29, 0.717) is 18.0 Å². The number of carbonyl (C=O) groups is 3. The summed E-state index contributed by atoms with van der Waals surface area (Å²) < 4.78 is 0. The molecule has 0 atom stereocenters. The van der Waals surface area contributed by atoms with Gasteiger partial charge in [-0.2, -0.15) is 0 Å². The second kappa shape index (κ2) is 7.87. The first-order valence-corrected chi connectivity index (χ1v) is 9.46. The van der Waals surface area contributed by atoms with Crippen LogP contribution in [0.2, 0.25) is 0 Å². The lowest BCUT2D eigenvalue weighted by Crippen LogP contribution is -2.42. The molecule has 5 nitrogen and oxygen atoms in total. The minimum atomic E-state index is -0.374. The van der Waals surface area contributed by atoms with Gasteiger partial charge in [-0.1, -0.05) is 37.1 Å². The summed E-state index contributed by atoms with van der Waals surface area (Å²) in [4.78, 5) is 40.5. The van der Waals surface area contributed by atoms with E-state index in [2.05, 4.69) is 0 Å². The van der Waals surface area contributed by atoms with Crippen molar-refractivity contribution >= 4 is 34.9 Å². The number of imide groups is 1. The topological polar surface area (TPSA) is 57.7 Å². The molecule has 1 aromatic rings. The Morgan fingerprint density at radius 2 is 1.80 bits per heavy atom. The molecule has 0 unspecified atom stereocenters. The fourth-order valence-corrected chi connectivity index (χ4v) is 3.91. The maximum absolute atomic E-state index is 12.6. The highest BCUT2D eigenvalue weighted by atomic mass is 32.2. The fourth-order valence-electron chi connectivity index (χ4n) is 3.08. The number of amides is 3. The Kier molecular flexibility index (Phi) is 5.58. The summed E-state index contributed by atoms with van der Waals surface area (Å²) in [6.45, 7) is 3.23. The number of carbonyl (C=O) groups excluding carboxylic acids is 3. The summed E-state index contributed by atoms with van der Waals surface area (Å²) in [7, 11) is 0. The van der Waals surface area contributed by atoms with Gasteiger partial charge < -0.3 is 4.90 Å². The van der Waals surface area contributed by atoms with Gasteiger partial charge in [0.15, 0.2) is 0 Å². The molecule has 0 aliphatic carbocycles. The molecule has 6 heteroatoms. The number of nitrogens with zero attached hydrogens (tertiary/aromatic N) is 2. The minimum Gasteiger partial charge on any atom is -0.341 e. The molecule has 0 radical (unpaired) electrons. The van der Waals surface area contributed by atoms with E-state index < -0.39 is 0 Å². The van der Waals surface area contributed by atoms with Crippen LogP contribution in [-0.2, 0) is 9.59 Å². The van der Waals surface area contributed by atoms with Crippen molar-refractivity contribution < 1.29 is 14.4 Å². The average molecular weight is 358 g/mol. The molecule has 0 spiro atoms. The third-order valence-electron chi connectivity index (χ3n) is 4.60. The van der Waals surface area contributed by atoms with Crippen LogP contribution in [0.3, 0.4) is 0 Å². The van der Waals surface area contributed by atoms with Gasteiger partial charge >= 0.3 is 0 Å². The van der Waals surface area contributed by atoms with Crippen LogP contribution in [0.4, 0.5) is 4.79 Å². The van der Waals surface area contributed by atoms with Crippen molar-refractivity contribution in [1.82, 2.24) is 9.80 Å². The molecule has 0 aromatic heterocycles. The van der Waals surface area contributed by atoms with E-state index in [0.717, 1.165) is 53.5 Å². The number of benzene rings is 1. The number of likely N-dealkylation sites (tertiary alicyclic amines) is 1. The highest BCUT2D eigenvalue weighted by molar-refractivity contribution is 8.18. The van der Waals surface area contributed by atoms with Gasteiger partial charge in [0, 0.05) is 13.1 Å². The van der Waals surface area contributed by atoms with Gasteiger partial charge in [-0.25, -0.2) is 0 Å². The Balaban J connectivity index is 1.71. The summed E-state index contributed by atoms with van der Waals surface area (Å²) in [5.41, 5.74) is 1.95. The normalized spacial score (nSPS) is 20.3. The largest absolute Gasteiger partial charge is 0.341 e. The molecule has 3 amide bonds. The second-order valence-corrected chi connectivity index (χ2v) is 7.41. The first kappa shape index (κ1) is 17.7. The fraction of sp³-hybridized carbons (Fsp3) is 0.421. The summed E-state index contributed by atoms with van der Waals surface area (Å²) in [5, 5.41) is -0.368. The highest BCUT2D eigenvalue weighted by Crippen LogP contribution is 2.32. The minimum absolute atomic E-state index is 0.138. The Bertz CT molecular complexity index is 721. The van der Waals surface area contributed by atoms with Crippen molar-refractivity contribution in [3.63, 3.8) is 0 Å². The molecular weight excluding hydrogens is 336 g/mol. The molecule has 3 rings (SSSR count). The number of hydrogen-bond donors (Lipinski definition) is 0. The monoisotopic (exact) mass is 358 g/mol. The van der Waals surface area contributed by atoms with Crippen LogP contribution in [0.5, 0.6) is 0 Å². The average Bonchev–Trinajstić information content (AvgIpc) is 2.80. The first-order chi connectivity index (χ1) is 12.1. The molecule has 0 bridgehead atoms. The second-order valence-electron chi connectivity index (χ2n) is 6.42. The number of rotatable bonds is 3. The molecular formula is C19H22N2O3S. The quantitative estimate of drug-likeness (QED) is 0.777. The zero-order chi connectivity index (χ0) is 17.8. The van der Waals surface area contributed by atoms with E-state index in [4.69, 9.17) is 0 Å². The van der Waals surface area contributed by atoms with Crippen molar-refractivity contribution in [2.75, 3.05) is 19.6 Å². The maximum atomic E-state index is 12.6. The smallest absolute Gasteiger partial charge is 0.294 e. The molecule has 2 heterocycles. The predicted octanol–water partition coefficient (Wildman–Crippen LogP) is 3.43. The number of hydrogen-bond acceptors (Lipinski definition) is 4. The van der Waals surface area contributed by atoms with Crippen molar-refractivity contribution in [1.29, 1.82) is 0 Å². The lowest BCUT2D eigenvalue weighted by molar-refractivity contribution is -0.135. The summed E-state index contributed by atoms with van der Waals surface area (Å²) in [5.74, 6) is -0.511. The Morgan fingerprint density at radius 1 is 1.12 bits per heavy atom. The number of thioether (sulfide) groups is 1. The number of aryl methyl sites for hydroxylation is 1. The molecule has 132 valence electrons. The SMILES string of the molecule is Cc1ccccc1/C=C1\SC(=O)N(CC(=O)N2CCCCCC2)C1=O. The van der Waals surface area contributed by atoms with Crippen LogP contribution in [-0.4, -0.2) is 46.5 Å². The van der Waals surface area contributed by atoms with Gasteiger partial charge in [-0.3, -0.25) is 19.3 Å². The van der Waals surface area contributed by atoms with E-state index in [-0.39, 0.29) is 23.6 Å². The van der Waals surface area contributed by atoms with E-state index in [1.54, 1.807) is 11.0 Å². The molecule has 1 aromatic carbocycles. The Labute approximate surface area is 152 Å². The van der Waals surface area contributed by atoms with Crippen LogP contribution < -0.4 is 0 Å². The van der Waals surface area contributed by atoms with E-state index >= 15 is 0 Å². The van der Waals surface area contributed by atoms with Crippen molar-refractivity contribution in [3.05, 3.63) is 40.3 Å². The third-order valence-corrected chi connectivity index (χ3v) is 5.51. The lowest BCUT2D eigenvalue weighted by Gasteiger charge is -2.22. The molecule has 0 saturated carbocycles. The molecule has 0 N–H and O–H groups in total.